The molecule has 2 aliphatic rings. The van der Waals surface area contributed by atoms with E-state index in [0.717, 1.165) is 12.8 Å². The Hall–Kier alpha value is -1.43. The average Bonchev–Trinajstić information content (AvgIpc) is 3.19. The van der Waals surface area contributed by atoms with Crippen LogP contribution in [0.25, 0.3) is 0 Å². The van der Waals surface area contributed by atoms with E-state index in [9.17, 15) is 14.4 Å². The second-order valence-electron chi connectivity index (χ2n) is 5.49. The average molecular weight is 281 g/mol. The number of carbonyl (C=O) groups excluding carboxylic acids is 3. The predicted octanol–water partition coefficient (Wildman–Crippen LogP) is 0.123. The third kappa shape index (κ3) is 2.85. The van der Waals surface area contributed by atoms with Gasteiger partial charge in [-0.05, 0) is 33.6 Å². The molecule has 1 N–H and O–H groups in total. The van der Waals surface area contributed by atoms with Crippen LogP contribution in [0.1, 0.15) is 40.0 Å². The van der Waals surface area contributed by atoms with E-state index in [-0.39, 0.29) is 30.2 Å². The van der Waals surface area contributed by atoms with Crippen LogP contribution in [-0.2, 0) is 14.4 Å². The van der Waals surface area contributed by atoms with Gasteiger partial charge in [0, 0.05) is 19.1 Å². The van der Waals surface area contributed by atoms with E-state index in [1.54, 1.807) is 11.8 Å². The smallest absolute Gasteiger partial charge is 0.247 e. The van der Waals surface area contributed by atoms with Crippen molar-refractivity contribution in [1.29, 1.82) is 0 Å². The van der Waals surface area contributed by atoms with Crippen LogP contribution in [-0.4, -0.2) is 58.7 Å². The van der Waals surface area contributed by atoms with E-state index in [1.165, 1.54) is 4.90 Å². The van der Waals surface area contributed by atoms with Crippen molar-refractivity contribution in [2.45, 2.75) is 58.2 Å². The Balaban J connectivity index is 1.94. The first-order valence-electron chi connectivity index (χ1n) is 7.40. The van der Waals surface area contributed by atoms with Crippen molar-refractivity contribution in [1.82, 2.24) is 15.1 Å². The molecule has 0 aromatic heterocycles. The fraction of sp³-hybridized carbons (Fsp3) is 0.786. The first kappa shape index (κ1) is 15.0. The lowest BCUT2D eigenvalue weighted by atomic mass is 10.2. The van der Waals surface area contributed by atoms with Crippen LogP contribution in [0.15, 0.2) is 0 Å². The molecule has 0 aromatic carbocycles. The third-order valence-electron chi connectivity index (χ3n) is 3.99. The molecule has 2 unspecified atom stereocenters. The van der Waals surface area contributed by atoms with Crippen LogP contribution >= 0.6 is 0 Å². The summed E-state index contributed by atoms with van der Waals surface area (Å²) in [6, 6.07) is -0.885. The topological polar surface area (TPSA) is 69.7 Å². The standard InChI is InChI=1S/C14H23N3O3/c1-4-16(5-2)13(19)9(3)15-11-8-12(18)17(14(11)20)10-6-7-10/h9-11,15H,4-8H2,1-3H3. The van der Waals surface area contributed by atoms with Crippen LogP contribution in [0.4, 0.5) is 0 Å². The Morgan fingerprint density at radius 1 is 1.35 bits per heavy atom. The summed E-state index contributed by atoms with van der Waals surface area (Å²) in [7, 11) is 0. The lowest BCUT2D eigenvalue weighted by Gasteiger charge is -2.25. The summed E-state index contributed by atoms with van der Waals surface area (Å²) in [4.78, 5) is 39.3. The van der Waals surface area contributed by atoms with E-state index in [1.807, 2.05) is 13.8 Å². The number of rotatable bonds is 6. The second kappa shape index (κ2) is 5.91. The molecule has 1 aliphatic heterocycles. The van der Waals surface area contributed by atoms with Crippen molar-refractivity contribution in [3.05, 3.63) is 0 Å². The highest BCUT2D eigenvalue weighted by Crippen LogP contribution is 2.31. The van der Waals surface area contributed by atoms with Crippen molar-refractivity contribution in [3.8, 4) is 0 Å². The highest BCUT2D eigenvalue weighted by Gasteiger charge is 2.46. The molecule has 0 aromatic rings. The Kier molecular flexibility index (Phi) is 4.42. The van der Waals surface area contributed by atoms with E-state index in [2.05, 4.69) is 5.32 Å². The summed E-state index contributed by atoms with van der Waals surface area (Å²) in [6.45, 7) is 6.89. The van der Waals surface area contributed by atoms with Crippen molar-refractivity contribution in [2.24, 2.45) is 0 Å². The number of likely N-dealkylation sites (tertiary alicyclic amines) is 1. The number of nitrogens with one attached hydrogen (secondary N) is 1. The second-order valence-corrected chi connectivity index (χ2v) is 5.49. The van der Waals surface area contributed by atoms with Crippen molar-refractivity contribution in [3.63, 3.8) is 0 Å². The quantitative estimate of drug-likeness (QED) is 0.702. The highest BCUT2D eigenvalue weighted by molar-refractivity contribution is 6.06. The molecule has 6 heteroatoms. The van der Waals surface area contributed by atoms with Gasteiger partial charge < -0.3 is 4.90 Å². The number of likely N-dealkylation sites (N-methyl/N-ethyl adjacent to an activating group) is 1. The summed E-state index contributed by atoms with van der Waals surface area (Å²) in [6.07, 6.45) is 2.00. The number of hydrogen-bond acceptors (Lipinski definition) is 4. The largest absolute Gasteiger partial charge is 0.342 e. The number of nitrogens with zero attached hydrogens (tertiary/aromatic N) is 2. The van der Waals surface area contributed by atoms with Crippen molar-refractivity contribution < 1.29 is 14.4 Å². The van der Waals surface area contributed by atoms with E-state index >= 15 is 0 Å². The van der Waals surface area contributed by atoms with Crippen LogP contribution < -0.4 is 5.32 Å². The van der Waals surface area contributed by atoms with Crippen LogP contribution in [0.2, 0.25) is 0 Å². The first-order valence-corrected chi connectivity index (χ1v) is 7.40. The van der Waals surface area contributed by atoms with E-state index < -0.39 is 12.1 Å². The number of carbonyl (C=O) groups is 3. The minimum Gasteiger partial charge on any atom is -0.342 e. The van der Waals surface area contributed by atoms with Gasteiger partial charge in [0.1, 0.15) is 0 Å². The minimum absolute atomic E-state index is 0.0277. The summed E-state index contributed by atoms with van der Waals surface area (Å²) in [5.74, 6) is -0.311. The van der Waals surface area contributed by atoms with Gasteiger partial charge in [0.2, 0.25) is 17.7 Å². The summed E-state index contributed by atoms with van der Waals surface area (Å²) in [5.41, 5.74) is 0. The molecule has 2 rings (SSSR count). The molecule has 2 fully saturated rings. The minimum atomic E-state index is -0.544. The highest BCUT2D eigenvalue weighted by atomic mass is 16.2. The van der Waals surface area contributed by atoms with E-state index in [0.29, 0.717) is 13.1 Å². The zero-order valence-corrected chi connectivity index (χ0v) is 12.4. The Morgan fingerprint density at radius 3 is 2.45 bits per heavy atom. The van der Waals surface area contributed by atoms with Crippen molar-refractivity contribution >= 4 is 17.7 Å². The van der Waals surface area contributed by atoms with Gasteiger partial charge in [-0.25, -0.2) is 0 Å². The molecular formula is C14H23N3O3. The number of amides is 3. The molecule has 112 valence electrons. The molecule has 3 amide bonds. The molecule has 1 saturated carbocycles. The molecule has 1 heterocycles. The zero-order valence-electron chi connectivity index (χ0n) is 12.4. The van der Waals surface area contributed by atoms with Gasteiger partial charge in [-0.1, -0.05) is 0 Å². The lowest BCUT2D eigenvalue weighted by molar-refractivity contribution is -0.139. The normalized spacial score (nSPS) is 24.1. The molecule has 0 spiro atoms. The molecule has 6 nitrogen and oxygen atoms in total. The molecule has 2 atom stereocenters. The van der Waals surface area contributed by atoms with Crippen LogP contribution in [0.5, 0.6) is 0 Å². The summed E-state index contributed by atoms with van der Waals surface area (Å²) >= 11 is 0. The monoisotopic (exact) mass is 281 g/mol. The molecular weight excluding hydrogens is 258 g/mol. The third-order valence-corrected chi connectivity index (χ3v) is 3.99. The molecule has 1 aliphatic carbocycles. The van der Waals surface area contributed by atoms with Gasteiger partial charge in [0.15, 0.2) is 0 Å². The van der Waals surface area contributed by atoms with Gasteiger partial charge >= 0.3 is 0 Å². The molecule has 20 heavy (non-hydrogen) atoms. The molecule has 0 bridgehead atoms. The van der Waals surface area contributed by atoms with Gasteiger partial charge in [-0.15, -0.1) is 0 Å². The number of hydrogen-bond donors (Lipinski definition) is 1. The van der Waals surface area contributed by atoms with Gasteiger partial charge in [0.25, 0.3) is 0 Å². The fourth-order valence-corrected chi connectivity index (χ4v) is 2.68. The van der Waals surface area contributed by atoms with Crippen LogP contribution in [0, 0.1) is 0 Å². The fourth-order valence-electron chi connectivity index (χ4n) is 2.68. The Morgan fingerprint density at radius 2 is 1.95 bits per heavy atom. The van der Waals surface area contributed by atoms with Gasteiger partial charge in [0.05, 0.1) is 18.5 Å². The maximum atomic E-state index is 12.2. The van der Waals surface area contributed by atoms with Crippen molar-refractivity contribution in [2.75, 3.05) is 13.1 Å². The Bertz CT molecular complexity index is 416. The molecule has 1 saturated heterocycles. The zero-order chi connectivity index (χ0) is 14.9. The van der Waals surface area contributed by atoms with Gasteiger partial charge in [-0.3, -0.25) is 24.6 Å². The first-order chi connectivity index (χ1) is 9.49. The predicted molar refractivity (Wildman–Crippen MR) is 73.8 cm³/mol. The maximum Gasteiger partial charge on any atom is 0.247 e. The number of imide groups is 1. The maximum absolute atomic E-state index is 12.2. The van der Waals surface area contributed by atoms with E-state index in [4.69, 9.17) is 0 Å². The summed E-state index contributed by atoms with van der Waals surface area (Å²) < 4.78 is 0. The molecule has 0 radical (unpaired) electrons. The lowest BCUT2D eigenvalue weighted by Crippen LogP contribution is -2.50. The SMILES string of the molecule is CCN(CC)C(=O)C(C)NC1CC(=O)N(C2CC2)C1=O. The van der Waals surface area contributed by atoms with Gasteiger partial charge in [-0.2, -0.15) is 0 Å². The summed E-state index contributed by atoms with van der Waals surface area (Å²) in [5, 5.41) is 3.02. The Labute approximate surface area is 119 Å². The van der Waals surface area contributed by atoms with Crippen LogP contribution in [0.3, 0.4) is 0 Å².